The SMILES string of the molecule is CCCCc1cc(N2CCCC(N)C2)nc(-c2c(N)cc(C(F)(F)F)cc2N)n1. The molecule has 2 aromatic rings. The van der Waals surface area contributed by atoms with Crippen LogP contribution in [0.3, 0.4) is 0 Å². The highest BCUT2D eigenvalue weighted by Crippen LogP contribution is 2.38. The van der Waals surface area contributed by atoms with E-state index in [0.717, 1.165) is 56.5 Å². The summed E-state index contributed by atoms with van der Waals surface area (Å²) in [5.74, 6) is 0.950. The van der Waals surface area contributed by atoms with Crippen LogP contribution in [0.15, 0.2) is 18.2 Å². The molecule has 1 aromatic carbocycles. The lowest BCUT2D eigenvalue weighted by atomic mass is 10.0. The number of benzene rings is 1. The normalized spacial score (nSPS) is 17.6. The molecule has 1 saturated heterocycles. The first kappa shape index (κ1) is 21.2. The molecule has 1 atom stereocenters. The maximum Gasteiger partial charge on any atom is 0.416 e. The van der Waals surface area contributed by atoms with E-state index in [9.17, 15) is 13.2 Å². The van der Waals surface area contributed by atoms with Crippen LogP contribution in [0.4, 0.5) is 30.4 Å². The van der Waals surface area contributed by atoms with Crippen LogP contribution in [-0.4, -0.2) is 29.1 Å². The quantitative estimate of drug-likeness (QED) is 0.653. The predicted molar refractivity (Wildman–Crippen MR) is 109 cm³/mol. The van der Waals surface area contributed by atoms with Crippen molar-refractivity contribution in [1.82, 2.24) is 9.97 Å². The Balaban J connectivity index is 2.07. The number of alkyl halides is 3. The highest BCUT2D eigenvalue weighted by atomic mass is 19.4. The summed E-state index contributed by atoms with van der Waals surface area (Å²) >= 11 is 0. The minimum atomic E-state index is -4.53. The zero-order chi connectivity index (χ0) is 21.2. The van der Waals surface area contributed by atoms with Gasteiger partial charge >= 0.3 is 6.18 Å². The number of nitrogens with zero attached hydrogens (tertiary/aromatic N) is 3. The van der Waals surface area contributed by atoms with Crippen molar-refractivity contribution in [2.45, 2.75) is 51.2 Å². The van der Waals surface area contributed by atoms with Gasteiger partial charge in [-0.15, -0.1) is 0 Å². The second kappa shape index (κ2) is 8.44. The first-order valence-electron chi connectivity index (χ1n) is 9.84. The molecule has 1 unspecified atom stereocenters. The molecule has 0 spiro atoms. The van der Waals surface area contributed by atoms with E-state index in [2.05, 4.69) is 21.8 Å². The number of hydrogen-bond acceptors (Lipinski definition) is 6. The summed E-state index contributed by atoms with van der Waals surface area (Å²) in [5.41, 5.74) is 18.0. The standard InChI is InChI=1S/C20H27F3N6/c1-2-3-6-14-10-17(29-7-4-5-13(24)11-29)28-19(27-14)18-15(25)8-12(9-16(18)26)20(21,22)23/h8-10,13H,2-7,11,24-26H2,1H3. The molecule has 1 aliphatic heterocycles. The van der Waals surface area contributed by atoms with E-state index in [4.69, 9.17) is 17.2 Å². The number of hydrogen-bond donors (Lipinski definition) is 3. The van der Waals surface area contributed by atoms with Gasteiger partial charge in [-0.25, -0.2) is 9.97 Å². The Kier molecular flexibility index (Phi) is 6.16. The second-order valence-corrected chi connectivity index (χ2v) is 7.52. The van der Waals surface area contributed by atoms with Crippen molar-refractivity contribution in [3.8, 4) is 11.4 Å². The van der Waals surface area contributed by atoms with Crippen LogP contribution >= 0.6 is 0 Å². The predicted octanol–water partition coefficient (Wildman–Crippen LogP) is 3.60. The number of halogens is 3. The van der Waals surface area contributed by atoms with Gasteiger partial charge in [0.1, 0.15) is 5.82 Å². The molecule has 0 saturated carbocycles. The number of anilines is 3. The highest BCUT2D eigenvalue weighted by Gasteiger charge is 2.32. The van der Waals surface area contributed by atoms with Crippen LogP contribution < -0.4 is 22.1 Å². The van der Waals surface area contributed by atoms with E-state index in [1.54, 1.807) is 0 Å². The highest BCUT2D eigenvalue weighted by molar-refractivity contribution is 5.84. The number of aryl methyl sites for hydroxylation is 1. The van der Waals surface area contributed by atoms with Gasteiger partial charge in [-0.3, -0.25) is 0 Å². The molecule has 0 radical (unpaired) electrons. The molecule has 0 bridgehead atoms. The number of rotatable bonds is 5. The summed E-state index contributed by atoms with van der Waals surface area (Å²) in [6, 6.07) is 3.74. The van der Waals surface area contributed by atoms with Crippen molar-refractivity contribution in [2.24, 2.45) is 5.73 Å². The lowest BCUT2D eigenvalue weighted by Crippen LogP contribution is -2.43. The molecular weight excluding hydrogens is 381 g/mol. The molecule has 6 N–H and O–H groups in total. The fourth-order valence-corrected chi connectivity index (χ4v) is 3.57. The summed E-state index contributed by atoms with van der Waals surface area (Å²) in [6.07, 6.45) is 0.0472. The fraction of sp³-hybridized carbons (Fsp3) is 0.500. The number of aromatic nitrogens is 2. The van der Waals surface area contributed by atoms with Gasteiger partial charge in [-0.05, 0) is 37.8 Å². The van der Waals surface area contributed by atoms with Gasteiger partial charge in [0.25, 0.3) is 0 Å². The minimum absolute atomic E-state index is 0.0578. The molecule has 1 aliphatic rings. The summed E-state index contributed by atoms with van der Waals surface area (Å²) in [4.78, 5) is 11.2. The van der Waals surface area contributed by atoms with Crippen LogP contribution in [0.25, 0.3) is 11.4 Å². The second-order valence-electron chi connectivity index (χ2n) is 7.52. The molecular formula is C20H27F3N6. The van der Waals surface area contributed by atoms with Gasteiger partial charge in [0, 0.05) is 42.3 Å². The van der Waals surface area contributed by atoms with Crippen LogP contribution in [0.2, 0.25) is 0 Å². The molecule has 1 aromatic heterocycles. The molecule has 9 heteroatoms. The van der Waals surface area contributed by atoms with Gasteiger partial charge in [0.05, 0.1) is 11.1 Å². The number of nitrogens with two attached hydrogens (primary N) is 3. The van der Waals surface area contributed by atoms with Gasteiger partial charge in [-0.2, -0.15) is 13.2 Å². The number of piperidine rings is 1. The Morgan fingerprint density at radius 3 is 2.41 bits per heavy atom. The number of unbranched alkanes of at least 4 members (excludes halogenated alkanes) is 1. The topological polar surface area (TPSA) is 107 Å². The van der Waals surface area contributed by atoms with E-state index >= 15 is 0 Å². The molecule has 158 valence electrons. The third-order valence-electron chi connectivity index (χ3n) is 5.08. The molecule has 0 aliphatic carbocycles. The molecule has 29 heavy (non-hydrogen) atoms. The summed E-state index contributed by atoms with van der Waals surface area (Å²) in [6.45, 7) is 3.56. The minimum Gasteiger partial charge on any atom is -0.398 e. The van der Waals surface area contributed by atoms with Crippen LogP contribution in [0.1, 0.15) is 43.9 Å². The molecule has 1 fully saturated rings. The summed E-state index contributed by atoms with van der Waals surface area (Å²) < 4.78 is 39.2. The first-order chi connectivity index (χ1) is 13.7. The molecule has 0 amide bonds. The van der Waals surface area contributed by atoms with Crippen LogP contribution in [0.5, 0.6) is 0 Å². The van der Waals surface area contributed by atoms with Gasteiger partial charge in [-0.1, -0.05) is 13.3 Å². The third-order valence-corrected chi connectivity index (χ3v) is 5.08. The van der Waals surface area contributed by atoms with Crippen molar-refractivity contribution in [1.29, 1.82) is 0 Å². The van der Waals surface area contributed by atoms with Crippen molar-refractivity contribution < 1.29 is 13.2 Å². The monoisotopic (exact) mass is 408 g/mol. The third kappa shape index (κ3) is 4.90. The van der Waals surface area contributed by atoms with Crippen LogP contribution in [0, 0.1) is 0 Å². The average molecular weight is 408 g/mol. The Morgan fingerprint density at radius 2 is 1.83 bits per heavy atom. The lowest BCUT2D eigenvalue weighted by Gasteiger charge is -2.32. The van der Waals surface area contributed by atoms with E-state index in [1.807, 2.05) is 6.07 Å². The zero-order valence-corrected chi connectivity index (χ0v) is 16.5. The Labute approximate surface area is 168 Å². The number of nitrogen functional groups attached to an aromatic ring is 2. The fourth-order valence-electron chi connectivity index (χ4n) is 3.57. The zero-order valence-electron chi connectivity index (χ0n) is 16.5. The maximum atomic E-state index is 13.1. The molecule has 3 rings (SSSR count). The van der Waals surface area contributed by atoms with Crippen molar-refractivity contribution in [2.75, 3.05) is 29.5 Å². The van der Waals surface area contributed by atoms with Gasteiger partial charge in [0.15, 0.2) is 5.82 Å². The van der Waals surface area contributed by atoms with Gasteiger partial charge < -0.3 is 22.1 Å². The molecule has 6 nitrogen and oxygen atoms in total. The van der Waals surface area contributed by atoms with E-state index in [0.29, 0.717) is 12.4 Å². The van der Waals surface area contributed by atoms with E-state index in [1.165, 1.54) is 0 Å². The Bertz CT molecular complexity index is 845. The largest absolute Gasteiger partial charge is 0.416 e. The molecule has 2 heterocycles. The summed E-state index contributed by atoms with van der Waals surface area (Å²) in [5, 5.41) is 0. The van der Waals surface area contributed by atoms with Crippen LogP contribution in [-0.2, 0) is 12.6 Å². The Morgan fingerprint density at radius 1 is 1.14 bits per heavy atom. The Hall–Kier alpha value is -2.55. The smallest absolute Gasteiger partial charge is 0.398 e. The van der Waals surface area contributed by atoms with Crippen molar-refractivity contribution >= 4 is 17.2 Å². The van der Waals surface area contributed by atoms with Crippen molar-refractivity contribution in [3.05, 3.63) is 29.5 Å². The lowest BCUT2D eigenvalue weighted by molar-refractivity contribution is -0.137. The maximum absolute atomic E-state index is 13.1. The van der Waals surface area contributed by atoms with Crippen molar-refractivity contribution in [3.63, 3.8) is 0 Å². The first-order valence-corrected chi connectivity index (χ1v) is 9.84. The average Bonchev–Trinajstić information content (AvgIpc) is 2.65. The van der Waals surface area contributed by atoms with Gasteiger partial charge in [0.2, 0.25) is 0 Å². The van der Waals surface area contributed by atoms with E-state index < -0.39 is 11.7 Å². The summed E-state index contributed by atoms with van der Waals surface area (Å²) in [7, 11) is 0. The van der Waals surface area contributed by atoms with E-state index in [-0.39, 0.29) is 28.8 Å².